The number of fused-ring (bicyclic) bond motifs is 1. The van der Waals surface area contributed by atoms with Crippen molar-refractivity contribution in [2.24, 2.45) is 0 Å². The molecule has 5 rings (SSSR count). The Morgan fingerprint density at radius 1 is 0.886 bits per heavy atom. The summed E-state index contributed by atoms with van der Waals surface area (Å²) in [6.07, 6.45) is 0. The summed E-state index contributed by atoms with van der Waals surface area (Å²) >= 11 is 1.67. The zero-order chi connectivity index (χ0) is 24.4. The molecule has 1 saturated heterocycles. The number of piperazine rings is 1. The third kappa shape index (κ3) is 4.95. The van der Waals surface area contributed by atoms with Gasteiger partial charge in [-0.1, -0.05) is 84.1 Å². The van der Waals surface area contributed by atoms with Crippen LogP contribution < -0.4 is 4.90 Å². The highest BCUT2D eigenvalue weighted by molar-refractivity contribution is 7.22. The molecule has 0 unspecified atom stereocenters. The van der Waals surface area contributed by atoms with Crippen molar-refractivity contribution < 1.29 is 4.79 Å². The summed E-state index contributed by atoms with van der Waals surface area (Å²) in [5, 5.41) is 0.901. The van der Waals surface area contributed by atoms with Gasteiger partial charge in [0.05, 0.1) is 22.8 Å². The lowest BCUT2D eigenvalue weighted by molar-refractivity contribution is -0.131. The molecular formula is C29H32N4OS. The van der Waals surface area contributed by atoms with E-state index in [1.807, 2.05) is 16.8 Å². The van der Waals surface area contributed by atoms with Crippen LogP contribution in [0.5, 0.6) is 0 Å². The van der Waals surface area contributed by atoms with Crippen LogP contribution in [-0.2, 0) is 4.79 Å². The number of thiazole rings is 1. The quantitative estimate of drug-likeness (QED) is 0.373. The molecule has 0 N–H and O–H groups in total. The summed E-state index contributed by atoms with van der Waals surface area (Å²) < 4.78 is 1.21. The maximum Gasteiger partial charge on any atom is 0.242 e. The van der Waals surface area contributed by atoms with Crippen LogP contribution in [0, 0.1) is 13.8 Å². The molecule has 2 heterocycles. The van der Waals surface area contributed by atoms with E-state index in [9.17, 15) is 4.79 Å². The van der Waals surface area contributed by atoms with E-state index in [2.05, 4.69) is 91.5 Å². The second kappa shape index (κ2) is 10.2. The smallest absolute Gasteiger partial charge is 0.242 e. The van der Waals surface area contributed by atoms with Crippen molar-refractivity contribution >= 4 is 32.6 Å². The molecular weight excluding hydrogens is 452 g/mol. The lowest BCUT2D eigenvalue weighted by Crippen LogP contribution is -2.51. The molecule has 1 aromatic heterocycles. The lowest BCUT2D eigenvalue weighted by atomic mass is 9.96. The van der Waals surface area contributed by atoms with E-state index >= 15 is 0 Å². The van der Waals surface area contributed by atoms with Crippen LogP contribution in [0.25, 0.3) is 10.2 Å². The first-order valence-electron chi connectivity index (χ1n) is 12.2. The van der Waals surface area contributed by atoms with E-state index in [4.69, 9.17) is 4.98 Å². The Kier molecular flexibility index (Phi) is 6.84. The highest BCUT2D eigenvalue weighted by Crippen LogP contribution is 2.33. The number of rotatable bonds is 6. The molecule has 0 spiro atoms. The molecule has 0 bridgehead atoms. The molecule has 1 aliphatic rings. The molecule has 4 aromatic rings. The maximum absolute atomic E-state index is 13.2. The molecule has 0 radical (unpaired) electrons. The Morgan fingerprint density at radius 3 is 2.03 bits per heavy atom. The lowest BCUT2D eigenvalue weighted by Gasteiger charge is -2.40. The predicted octanol–water partition coefficient (Wildman–Crippen LogP) is 5.28. The summed E-state index contributed by atoms with van der Waals surface area (Å²) in [6.45, 7) is 7.73. The monoisotopic (exact) mass is 484 g/mol. The highest BCUT2D eigenvalue weighted by Gasteiger charge is 2.28. The number of carbonyl (C=O) groups is 1. The topological polar surface area (TPSA) is 39.7 Å². The predicted molar refractivity (Wildman–Crippen MR) is 145 cm³/mol. The van der Waals surface area contributed by atoms with Crippen LogP contribution in [0.4, 0.5) is 5.13 Å². The van der Waals surface area contributed by atoms with Crippen molar-refractivity contribution in [2.75, 3.05) is 44.7 Å². The van der Waals surface area contributed by atoms with Gasteiger partial charge in [-0.3, -0.25) is 9.69 Å². The molecule has 5 nitrogen and oxygen atoms in total. The van der Waals surface area contributed by atoms with E-state index in [1.54, 1.807) is 11.3 Å². The zero-order valence-electron chi connectivity index (χ0n) is 20.6. The zero-order valence-corrected chi connectivity index (χ0v) is 21.5. The van der Waals surface area contributed by atoms with Crippen molar-refractivity contribution in [3.05, 3.63) is 95.1 Å². The number of aromatic nitrogens is 1. The fraction of sp³-hybridized carbons (Fsp3) is 0.310. The van der Waals surface area contributed by atoms with Crippen molar-refractivity contribution in [1.82, 2.24) is 14.8 Å². The van der Waals surface area contributed by atoms with Crippen LogP contribution >= 0.6 is 11.3 Å². The second-order valence-corrected chi connectivity index (χ2v) is 10.3. The molecule has 1 fully saturated rings. The molecule has 6 heteroatoms. The number of benzene rings is 3. The first-order valence-corrected chi connectivity index (χ1v) is 13.0. The Morgan fingerprint density at radius 2 is 1.46 bits per heavy atom. The molecule has 1 aliphatic heterocycles. The molecule has 0 aliphatic carbocycles. The van der Waals surface area contributed by atoms with Crippen molar-refractivity contribution in [3.63, 3.8) is 0 Å². The van der Waals surface area contributed by atoms with Gasteiger partial charge in [-0.05, 0) is 36.1 Å². The summed E-state index contributed by atoms with van der Waals surface area (Å²) in [7, 11) is 1.97. The van der Waals surface area contributed by atoms with Crippen LogP contribution in [0.3, 0.4) is 0 Å². The van der Waals surface area contributed by atoms with E-state index in [1.165, 1.54) is 27.0 Å². The summed E-state index contributed by atoms with van der Waals surface area (Å²) in [6, 6.07) is 25.8. The molecule has 0 atom stereocenters. The molecule has 35 heavy (non-hydrogen) atoms. The maximum atomic E-state index is 13.2. The van der Waals surface area contributed by atoms with Gasteiger partial charge in [0.1, 0.15) is 0 Å². The van der Waals surface area contributed by atoms with Gasteiger partial charge >= 0.3 is 0 Å². The van der Waals surface area contributed by atoms with E-state index in [-0.39, 0.29) is 11.9 Å². The van der Waals surface area contributed by atoms with Crippen molar-refractivity contribution in [1.29, 1.82) is 0 Å². The second-order valence-electron chi connectivity index (χ2n) is 9.37. The average Bonchev–Trinajstić information content (AvgIpc) is 3.36. The summed E-state index contributed by atoms with van der Waals surface area (Å²) in [5.74, 6) is 0.163. The average molecular weight is 485 g/mol. The van der Waals surface area contributed by atoms with Gasteiger partial charge in [-0.15, -0.1) is 0 Å². The minimum atomic E-state index is 0.163. The number of hydrogen-bond acceptors (Lipinski definition) is 5. The number of amides is 1. The van der Waals surface area contributed by atoms with E-state index in [0.717, 1.165) is 36.8 Å². The Balaban J connectivity index is 1.25. The standard InChI is InChI=1S/C29H32N4OS/c1-21-14-15-22(2)28-26(21)30-29(35-28)31(3)20-25(34)32-16-18-33(19-17-32)27(23-10-6-4-7-11-23)24-12-8-5-9-13-24/h4-15,27H,16-20H2,1-3H3. The molecule has 1 amide bonds. The first-order chi connectivity index (χ1) is 17.0. The first kappa shape index (κ1) is 23.5. The van der Waals surface area contributed by atoms with Gasteiger partial charge < -0.3 is 9.80 Å². The SMILES string of the molecule is Cc1ccc(C)c2sc(N(C)CC(=O)N3CCN(C(c4ccccc4)c4ccccc4)CC3)nc12. The Bertz CT molecular complexity index is 1220. The van der Waals surface area contributed by atoms with Crippen molar-refractivity contribution in [3.8, 4) is 0 Å². The highest BCUT2D eigenvalue weighted by atomic mass is 32.1. The van der Waals surface area contributed by atoms with Gasteiger partial charge in [0.15, 0.2) is 5.13 Å². The van der Waals surface area contributed by atoms with Gasteiger partial charge in [-0.2, -0.15) is 0 Å². The van der Waals surface area contributed by atoms with Gasteiger partial charge in [-0.25, -0.2) is 4.98 Å². The minimum absolute atomic E-state index is 0.163. The summed E-state index contributed by atoms with van der Waals surface area (Å²) in [4.78, 5) is 24.5. The number of likely N-dealkylation sites (N-methyl/N-ethyl adjacent to an activating group) is 1. The number of aryl methyl sites for hydroxylation is 2. The van der Waals surface area contributed by atoms with Crippen molar-refractivity contribution in [2.45, 2.75) is 19.9 Å². The molecule has 180 valence electrons. The fourth-order valence-corrected chi connectivity index (χ4v) is 5.97. The third-order valence-corrected chi connectivity index (χ3v) is 8.20. The molecule has 0 saturated carbocycles. The van der Waals surface area contributed by atoms with Crippen LogP contribution in [0.15, 0.2) is 72.8 Å². The van der Waals surface area contributed by atoms with Crippen LogP contribution in [-0.4, -0.2) is 60.5 Å². The van der Waals surface area contributed by atoms with E-state index in [0.29, 0.717) is 6.54 Å². The Labute approximate surface area is 211 Å². The number of anilines is 1. The Hall–Kier alpha value is -3.22. The minimum Gasteiger partial charge on any atom is -0.342 e. The van der Waals surface area contributed by atoms with Crippen LogP contribution in [0.1, 0.15) is 28.3 Å². The largest absolute Gasteiger partial charge is 0.342 e. The fourth-order valence-electron chi connectivity index (χ4n) is 4.90. The number of nitrogens with zero attached hydrogens (tertiary/aromatic N) is 4. The normalized spacial score (nSPS) is 14.6. The van der Waals surface area contributed by atoms with Gasteiger partial charge in [0, 0.05) is 33.2 Å². The molecule has 3 aromatic carbocycles. The number of hydrogen-bond donors (Lipinski definition) is 0. The van der Waals surface area contributed by atoms with Crippen LogP contribution in [0.2, 0.25) is 0 Å². The number of carbonyl (C=O) groups excluding carboxylic acids is 1. The summed E-state index contributed by atoms with van der Waals surface area (Å²) in [5.41, 5.74) is 6.04. The third-order valence-electron chi connectivity index (χ3n) is 6.89. The van der Waals surface area contributed by atoms with Gasteiger partial charge in [0.2, 0.25) is 5.91 Å². The van der Waals surface area contributed by atoms with E-state index < -0.39 is 0 Å². The van der Waals surface area contributed by atoms with Gasteiger partial charge in [0.25, 0.3) is 0 Å².